The van der Waals surface area contributed by atoms with Crippen LogP contribution in [0.25, 0.3) is 11.0 Å². The number of nitrogens with zero attached hydrogens (tertiary/aromatic N) is 5. The second kappa shape index (κ2) is 8.64. The van der Waals surface area contributed by atoms with Crippen LogP contribution >= 0.6 is 11.8 Å². The minimum Gasteiger partial charge on any atom is -0.326 e. The van der Waals surface area contributed by atoms with Gasteiger partial charge in [-0.05, 0) is 38.1 Å². The van der Waals surface area contributed by atoms with Gasteiger partial charge >= 0.3 is 0 Å². The van der Waals surface area contributed by atoms with E-state index in [1.54, 1.807) is 39.6 Å². The molecule has 11 heteroatoms. The zero-order valence-electron chi connectivity index (χ0n) is 18.6. The summed E-state index contributed by atoms with van der Waals surface area (Å²) < 4.78 is 3.53. The Morgan fingerprint density at radius 3 is 2.71 bits per heavy atom. The second-order valence-electron chi connectivity index (χ2n) is 9.05. The number of fused-ring (bicyclic) bond motifs is 1. The van der Waals surface area contributed by atoms with Crippen LogP contribution in [0.1, 0.15) is 18.9 Å². The first kappa shape index (κ1) is 21.5. The highest BCUT2D eigenvalue weighted by atomic mass is 32.2. The summed E-state index contributed by atoms with van der Waals surface area (Å²) in [4.78, 5) is 48.4. The molecule has 2 aromatic rings. The van der Waals surface area contributed by atoms with E-state index in [-0.39, 0.29) is 23.1 Å². The Kier molecular flexibility index (Phi) is 5.47. The number of amidine groups is 2. The van der Waals surface area contributed by atoms with E-state index in [1.807, 2.05) is 0 Å². The summed E-state index contributed by atoms with van der Waals surface area (Å²) in [6.07, 6.45) is 3.75. The Labute approximate surface area is 199 Å². The third-order valence-corrected chi connectivity index (χ3v) is 7.85. The van der Waals surface area contributed by atoms with Gasteiger partial charge in [-0.1, -0.05) is 0 Å². The predicted molar refractivity (Wildman–Crippen MR) is 133 cm³/mol. The van der Waals surface area contributed by atoms with Crippen molar-refractivity contribution < 1.29 is 4.79 Å². The van der Waals surface area contributed by atoms with Crippen LogP contribution in [0.3, 0.4) is 0 Å². The smallest absolute Gasteiger partial charge is 0.258 e. The standard InChI is InChI=1S/C23H25N7O3S/c31-19-13-34-17-9-25-18(26-22(17)27-19)10-24-15-5-7-28(8-6-15)11-16-12-29-20(32)3-1-14-2-4-21(33)30(16)23(14)29/h1-4,9,15-16,24H,5-8,10-13H2,(H,25,26,27,31)/t16-/m1/s1. The lowest BCUT2D eigenvalue weighted by molar-refractivity contribution is -0.115. The van der Waals surface area contributed by atoms with Crippen LogP contribution in [0, 0.1) is 0 Å². The normalized spacial score (nSPS) is 22.8. The molecule has 34 heavy (non-hydrogen) atoms. The molecule has 1 fully saturated rings. The van der Waals surface area contributed by atoms with E-state index < -0.39 is 0 Å². The van der Waals surface area contributed by atoms with Gasteiger partial charge in [-0.15, -0.1) is 11.8 Å². The number of nitrogens with one attached hydrogen (secondary N) is 2. The lowest BCUT2D eigenvalue weighted by atomic mass is 10.0. The topological polar surface area (TPSA) is 113 Å². The lowest BCUT2D eigenvalue weighted by Crippen LogP contribution is -2.48. The van der Waals surface area contributed by atoms with Crippen molar-refractivity contribution in [1.82, 2.24) is 24.7 Å². The molecule has 1 saturated heterocycles. The molecule has 0 aliphatic carbocycles. The van der Waals surface area contributed by atoms with Crippen molar-refractivity contribution in [3.8, 4) is 0 Å². The number of thioether (sulfide) groups is 1. The fourth-order valence-corrected chi connectivity index (χ4v) is 5.86. The van der Waals surface area contributed by atoms with E-state index in [4.69, 9.17) is 0 Å². The third-order valence-electron chi connectivity index (χ3n) is 6.85. The number of piperidine rings is 1. The molecule has 6 rings (SSSR count). The number of hydrogen-bond donors (Lipinski definition) is 2. The molecule has 10 nitrogen and oxygen atoms in total. The largest absolute Gasteiger partial charge is 0.326 e. The molecule has 0 spiro atoms. The van der Waals surface area contributed by atoms with E-state index >= 15 is 0 Å². The first-order chi connectivity index (χ1) is 16.5. The van der Waals surface area contributed by atoms with Gasteiger partial charge in [-0.3, -0.25) is 23.5 Å². The number of aromatic nitrogens is 2. The Balaban J connectivity index is 1.05. The molecular weight excluding hydrogens is 454 g/mol. The highest BCUT2D eigenvalue weighted by molar-refractivity contribution is 8.04. The quantitative estimate of drug-likeness (QED) is 0.634. The van der Waals surface area contributed by atoms with Crippen molar-refractivity contribution in [2.75, 3.05) is 31.9 Å². The van der Waals surface area contributed by atoms with Crippen LogP contribution in [-0.2, 0) is 11.3 Å². The third kappa shape index (κ3) is 3.93. The van der Waals surface area contributed by atoms with Crippen molar-refractivity contribution in [3.05, 3.63) is 56.1 Å². The predicted octanol–water partition coefficient (Wildman–Crippen LogP) is 0.287. The molecule has 176 valence electrons. The zero-order chi connectivity index (χ0) is 23.2. The Morgan fingerprint density at radius 2 is 1.88 bits per heavy atom. The monoisotopic (exact) mass is 479 g/mol. The summed E-state index contributed by atoms with van der Waals surface area (Å²) in [6, 6.07) is 7.10. The molecule has 0 unspecified atom stereocenters. The summed E-state index contributed by atoms with van der Waals surface area (Å²) in [5.74, 6) is 1.61. The summed E-state index contributed by atoms with van der Waals surface area (Å²) in [5, 5.41) is 7.65. The van der Waals surface area contributed by atoms with Gasteiger partial charge < -0.3 is 15.5 Å². The van der Waals surface area contributed by atoms with E-state index in [0.717, 1.165) is 54.3 Å². The van der Waals surface area contributed by atoms with Crippen molar-refractivity contribution in [1.29, 1.82) is 0 Å². The van der Waals surface area contributed by atoms with Crippen molar-refractivity contribution in [2.45, 2.75) is 31.5 Å². The minimum atomic E-state index is -0.125. The van der Waals surface area contributed by atoms with E-state index in [2.05, 4.69) is 25.5 Å². The number of amides is 1. The van der Waals surface area contributed by atoms with E-state index in [0.29, 0.717) is 30.7 Å². The molecule has 0 aromatic carbocycles. The van der Waals surface area contributed by atoms with Gasteiger partial charge in [0.25, 0.3) is 17.0 Å². The SMILES string of the molecule is O=C1CSC2=CN=C(CNC3CCN(C[C@@H]4Cn5c(=O)ccc6ccc(=O)n4c65)CC3)NC2=N1. The number of rotatable bonds is 5. The van der Waals surface area contributed by atoms with Gasteiger partial charge in [0.05, 0.1) is 23.2 Å². The first-order valence-corrected chi connectivity index (χ1v) is 12.5. The van der Waals surface area contributed by atoms with Gasteiger partial charge in [0.15, 0.2) is 5.84 Å². The van der Waals surface area contributed by atoms with Crippen LogP contribution in [0.5, 0.6) is 0 Å². The molecular formula is C23H25N7O3S. The number of carbonyl (C=O) groups is 1. The molecule has 1 amide bonds. The molecule has 0 saturated carbocycles. The highest BCUT2D eigenvalue weighted by Gasteiger charge is 2.29. The molecule has 1 atom stereocenters. The molecule has 0 radical (unpaired) electrons. The summed E-state index contributed by atoms with van der Waals surface area (Å²) in [7, 11) is 0. The van der Waals surface area contributed by atoms with Crippen molar-refractivity contribution in [3.63, 3.8) is 0 Å². The Hall–Kier alpha value is -3.02. The minimum absolute atomic E-state index is 0.0329. The van der Waals surface area contributed by atoms with Gasteiger partial charge in [0.2, 0.25) is 0 Å². The number of carbonyl (C=O) groups excluding carboxylic acids is 1. The van der Waals surface area contributed by atoms with Crippen LogP contribution in [0.2, 0.25) is 0 Å². The maximum absolute atomic E-state index is 12.6. The molecule has 6 heterocycles. The van der Waals surface area contributed by atoms with Gasteiger partial charge in [0.1, 0.15) is 11.5 Å². The fourth-order valence-electron chi connectivity index (χ4n) is 5.15. The average Bonchev–Trinajstić information content (AvgIpc) is 3.23. The Bertz CT molecular complexity index is 1380. The zero-order valence-corrected chi connectivity index (χ0v) is 19.4. The Morgan fingerprint density at radius 1 is 1.09 bits per heavy atom. The number of aliphatic imine (C=N–C) groups is 2. The molecule has 2 aromatic heterocycles. The van der Waals surface area contributed by atoms with Gasteiger partial charge in [-0.25, -0.2) is 4.99 Å². The maximum Gasteiger partial charge on any atom is 0.258 e. The average molecular weight is 480 g/mol. The highest BCUT2D eigenvalue weighted by Crippen LogP contribution is 2.25. The summed E-state index contributed by atoms with van der Waals surface area (Å²) in [5.41, 5.74) is 0.634. The molecule has 2 N–H and O–H groups in total. The second-order valence-corrected chi connectivity index (χ2v) is 10.1. The number of likely N-dealkylation sites (tertiary alicyclic amines) is 1. The van der Waals surface area contributed by atoms with Gasteiger partial charge in [0, 0.05) is 42.9 Å². The van der Waals surface area contributed by atoms with Crippen LogP contribution in [-0.4, -0.2) is 69.6 Å². The summed E-state index contributed by atoms with van der Waals surface area (Å²) >= 11 is 1.46. The molecule has 0 bridgehead atoms. The molecule has 4 aliphatic rings. The maximum atomic E-state index is 12.6. The van der Waals surface area contributed by atoms with Gasteiger partial charge in [-0.2, -0.15) is 4.99 Å². The van der Waals surface area contributed by atoms with Crippen molar-refractivity contribution >= 4 is 40.4 Å². The van der Waals surface area contributed by atoms with E-state index in [9.17, 15) is 14.4 Å². The van der Waals surface area contributed by atoms with Crippen LogP contribution in [0.4, 0.5) is 0 Å². The van der Waals surface area contributed by atoms with Crippen LogP contribution in [0.15, 0.2) is 54.9 Å². The van der Waals surface area contributed by atoms with E-state index in [1.165, 1.54) is 11.8 Å². The fraction of sp³-hybridized carbons (Fsp3) is 0.435. The van der Waals surface area contributed by atoms with Crippen molar-refractivity contribution in [2.24, 2.45) is 9.98 Å². The number of hydrogen-bond acceptors (Lipinski definition) is 8. The van der Waals surface area contributed by atoms with Crippen LogP contribution < -0.4 is 21.8 Å². The number of pyridine rings is 2. The molecule has 4 aliphatic heterocycles. The first-order valence-electron chi connectivity index (χ1n) is 11.5. The lowest BCUT2D eigenvalue weighted by Gasteiger charge is -2.34. The summed E-state index contributed by atoms with van der Waals surface area (Å²) in [6.45, 7) is 3.72.